The molecule has 3 rings (SSSR count). The van der Waals surface area contributed by atoms with Gasteiger partial charge in [0.05, 0.1) is 27.0 Å². The molecule has 2 aromatic carbocycles. The Kier molecular flexibility index (Phi) is 8.01. The predicted octanol–water partition coefficient (Wildman–Crippen LogP) is 4.50. The minimum Gasteiger partial charge on any atom is -0.452 e. The number of benzene rings is 2. The van der Waals surface area contributed by atoms with E-state index in [2.05, 4.69) is 5.32 Å². The molecule has 0 bridgehead atoms. The molecule has 1 saturated heterocycles. The summed E-state index contributed by atoms with van der Waals surface area (Å²) in [7, 11) is 0. The van der Waals surface area contributed by atoms with E-state index in [1.54, 1.807) is 42.5 Å². The Hall–Kier alpha value is -2.22. The maximum absolute atomic E-state index is 12.5. The van der Waals surface area contributed by atoms with Crippen molar-refractivity contribution < 1.29 is 19.1 Å². The number of hydrogen-bond donors (Lipinski definition) is 1. The lowest BCUT2D eigenvalue weighted by Gasteiger charge is -2.15. The Morgan fingerprint density at radius 2 is 1.77 bits per heavy atom. The molecule has 6 nitrogen and oxygen atoms in total. The SMILES string of the molecule is O=C(COC(=O)c1ccccc1SCC(=O)N1CCCC1)Nc1cccc(Cl)c1Cl. The summed E-state index contributed by atoms with van der Waals surface area (Å²) >= 11 is 13.2. The molecule has 0 spiro atoms. The zero-order valence-electron chi connectivity index (χ0n) is 16.0. The van der Waals surface area contributed by atoms with E-state index >= 15 is 0 Å². The van der Waals surface area contributed by atoms with Crippen molar-refractivity contribution in [3.8, 4) is 0 Å². The molecule has 30 heavy (non-hydrogen) atoms. The number of nitrogens with zero attached hydrogens (tertiary/aromatic N) is 1. The topological polar surface area (TPSA) is 75.7 Å². The van der Waals surface area contributed by atoms with Crippen molar-refractivity contribution in [2.45, 2.75) is 17.7 Å². The monoisotopic (exact) mass is 466 g/mol. The summed E-state index contributed by atoms with van der Waals surface area (Å²) in [4.78, 5) is 39.3. The normalized spacial score (nSPS) is 13.2. The Labute approximate surface area is 188 Å². The minimum absolute atomic E-state index is 0.0541. The fraction of sp³-hybridized carbons (Fsp3) is 0.286. The summed E-state index contributed by atoms with van der Waals surface area (Å²) in [6, 6.07) is 11.7. The highest BCUT2D eigenvalue weighted by molar-refractivity contribution is 8.00. The van der Waals surface area contributed by atoms with Crippen LogP contribution in [0.3, 0.4) is 0 Å². The van der Waals surface area contributed by atoms with E-state index in [1.807, 2.05) is 4.90 Å². The van der Waals surface area contributed by atoms with Gasteiger partial charge >= 0.3 is 5.97 Å². The molecule has 2 aromatic rings. The van der Waals surface area contributed by atoms with Gasteiger partial charge in [-0.25, -0.2) is 4.79 Å². The van der Waals surface area contributed by atoms with E-state index in [9.17, 15) is 14.4 Å². The summed E-state index contributed by atoms with van der Waals surface area (Å²) in [5.74, 6) is -0.878. The van der Waals surface area contributed by atoms with E-state index in [0.717, 1.165) is 25.9 Å². The molecular weight excluding hydrogens is 447 g/mol. The predicted molar refractivity (Wildman–Crippen MR) is 118 cm³/mol. The largest absolute Gasteiger partial charge is 0.452 e. The lowest BCUT2D eigenvalue weighted by molar-refractivity contribution is -0.127. The van der Waals surface area contributed by atoms with Crippen LogP contribution in [-0.2, 0) is 14.3 Å². The van der Waals surface area contributed by atoms with Gasteiger partial charge in [-0.2, -0.15) is 0 Å². The summed E-state index contributed by atoms with van der Waals surface area (Å²) in [5.41, 5.74) is 0.645. The van der Waals surface area contributed by atoms with Gasteiger partial charge in [0.25, 0.3) is 5.91 Å². The van der Waals surface area contributed by atoms with Gasteiger partial charge in [0.2, 0.25) is 5.91 Å². The van der Waals surface area contributed by atoms with Crippen molar-refractivity contribution in [2.75, 3.05) is 30.8 Å². The Bertz CT molecular complexity index is 948. The Morgan fingerprint density at radius 3 is 2.53 bits per heavy atom. The van der Waals surface area contributed by atoms with Crippen molar-refractivity contribution in [1.29, 1.82) is 0 Å². The first-order valence-corrected chi connectivity index (χ1v) is 11.1. The molecule has 0 aliphatic carbocycles. The van der Waals surface area contributed by atoms with Gasteiger partial charge in [0, 0.05) is 18.0 Å². The molecule has 1 N–H and O–H groups in total. The molecule has 1 heterocycles. The number of ether oxygens (including phenoxy) is 1. The fourth-order valence-electron chi connectivity index (χ4n) is 2.95. The number of carbonyl (C=O) groups excluding carboxylic acids is 3. The van der Waals surface area contributed by atoms with Crippen molar-refractivity contribution >= 4 is 58.4 Å². The van der Waals surface area contributed by atoms with Gasteiger partial charge in [-0.1, -0.05) is 41.4 Å². The first-order valence-electron chi connectivity index (χ1n) is 9.36. The van der Waals surface area contributed by atoms with Crippen LogP contribution in [0.1, 0.15) is 23.2 Å². The number of esters is 1. The van der Waals surface area contributed by atoms with E-state index in [1.165, 1.54) is 11.8 Å². The van der Waals surface area contributed by atoms with Crippen molar-refractivity contribution in [2.24, 2.45) is 0 Å². The maximum Gasteiger partial charge on any atom is 0.339 e. The van der Waals surface area contributed by atoms with Crippen LogP contribution in [-0.4, -0.2) is 48.1 Å². The smallest absolute Gasteiger partial charge is 0.339 e. The Morgan fingerprint density at radius 1 is 1.03 bits per heavy atom. The number of halogens is 2. The molecule has 0 saturated carbocycles. The molecule has 1 fully saturated rings. The molecule has 9 heteroatoms. The number of likely N-dealkylation sites (tertiary alicyclic amines) is 1. The van der Waals surface area contributed by atoms with Crippen LogP contribution in [0, 0.1) is 0 Å². The van der Waals surface area contributed by atoms with Crippen LogP contribution >= 0.6 is 35.0 Å². The highest BCUT2D eigenvalue weighted by Crippen LogP contribution is 2.29. The third kappa shape index (κ3) is 5.90. The van der Waals surface area contributed by atoms with E-state index in [4.69, 9.17) is 27.9 Å². The van der Waals surface area contributed by atoms with Crippen LogP contribution < -0.4 is 5.32 Å². The zero-order chi connectivity index (χ0) is 21.5. The lowest BCUT2D eigenvalue weighted by Crippen LogP contribution is -2.29. The number of nitrogens with one attached hydrogen (secondary N) is 1. The highest BCUT2D eigenvalue weighted by atomic mass is 35.5. The molecule has 0 atom stereocenters. The van der Waals surface area contributed by atoms with Crippen molar-refractivity contribution in [1.82, 2.24) is 4.90 Å². The van der Waals surface area contributed by atoms with Gasteiger partial charge in [-0.05, 0) is 37.1 Å². The van der Waals surface area contributed by atoms with Gasteiger partial charge in [0.15, 0.2) is 6.61 Å². The van der Waals surface area contributed by atoms with Crippen LogP contribution in [0.5, 0.6) is 0 Å². The molecule has 0 aromatic heterocycles. The molecule has 1 aliphatic rings. The highest BCUT2D eigenvalue weighted by Gasteiger charge is 2.20. The summed E-state index contributed by atoms with van der Waals surface area (Å²) in [5, 5.41) is 3.07. The van der Waals surface area contributed by atoms with Crippen molar-refractivity contribution in [3.05, 3.63) is 58.1 Å². The number of anilines is 1. The van der Waals surface area contributed by atoms with E-state index in [-0.39, 0.29) is 16.7 Å². The molecule has 0 unspecified atom stereocenters. The molecule has 2 amide bonds. The number of hydrogen-bond acceptors (Lipinski definition) is 5. The third-order valence-corrected chi connectivity index (χ3v) is 6.35. The maximum atomic E-state index is 12.5. The second-order valence-electron chi connectivity index (χ2n) is 6.60. The van der Waals surface area contributed by atoms with E-state index < -0.39 is 18.5 Å². The summed E-state index contributed by atoms with van der Waals surface area (Å²) in [6.07, 6.45) is 2.06. The number of carbonyl (C=O) groups is 3. The quantitative estimate of drug-likeness (QED) is 0.479. The first kappa shape index (κ1) is 22.5. The number of thioether (sulfide) groups is 1. The van der Waals surface area contributed by atoms with Crippen LogP contribution in [0.4, 0.5) is 5.69 Å². The van der Waals surface area contributed by atoms with Gasteiger partial charge in [0.1, 0.15) is 0 Å². The van der Waals surface area contributed by atoms with Crippen LogP contribution in [0.15, 0.2) is 47.4 Å². The summed E-state index contributed by atoms with van der Waals surface area (Å²) < 4.78 is 5.14. The van der Waals surface area contributed by atoms with Gasteiger partial charge < -0.3 is 15.0 Å². The average Bonchev–Trinajstić information content (AvgIpc) is 3.29. The van der Waals surface area contributed by atoms with Gasteiger partial charge in [-0.15, -0.1) is 11.8 Å². The lowest BCUT2D eigenvalue weighted by atomic mass is 10.2. The van der Waals surface area contributed by atoms with Crippen LogP contribution in [0.25, 0.3) is 0 Å². The number of amides is 2. The summed E-state index contributed by atoms with van der Waals surface area (Å²) in [6.45, 7) is 1.09. The molecule has 158 valence electrons. The average molecular weight is 467 g/mol. The molecule has 1 aliphatic heterocycles. The second kappa shape index (κ2) is 10.7. The first-order chi connectivity index (χ1) is 14.5. The van der Waals surface area contributed by atoms with Crippen LogP contribution in [0.2, 0.25) is 10.0 Å². The molecular formula is C21H20Cl2N2O4S. The Balaban J connectivity index is 1.55. The minimum atomic E-state index is -0.640. The standard InChI is InChI=1S/C21H20Cl2N2O4S/c22-15-7-5-8-16(20(15)23)24-18(26)12-29-21(28)14-6-1-2-9-17(14)30-13-19(27)25-10-3-4-11-25/h1-2,5-9H,3-4,10-13H2,(H,24,26). The third-order valence-electron chi connectivity index (χ3n) is 4.48. The fourth-order valence-corrected chi connectivity index (χ4v) is 4.24. The number of rotatable bonds is 7. The zero-order valence-corrected chi connectivity index (χ0v) is 18.4. The molecule has 0 radical (unpaired) electrons. The van der Waals surface area contributed by atoms with E-state index in [0.29, 0.717) is 21.2 Å². The van der Waals surface area contributed by atoms with Crippen molar-refractivity contribution in [3.63, 3.8) is 0 Å². The second-order valence-corrected chi connectivity index (χ2v) is 8.40. The van der Waals surface area contributed by atoms with Gasteiger partial charge in [-0.3, -0.25) is 9.59 Å².